The van der Waals surface area contributed by atoms with Crippen molar-refractivity contribution < 1.29 is 4.74 Å². The molecule has 1 fully saturated rings. The molecule has 34 heavy (non-hydrogen) atoms. The van der Waals surface area contributed by atoms with Gasteiger partial charge >= 0.3 is 6.01 Å². The van der Waals surface area contributed by atoms with Crippen molar-refractivity contribution in [2.45, 2.75) is 6.92 Å². The molecule has 5 rings (SSSR count). The predicted molar refractivity (Wildman–Crippen MR) is 130 cm³/mol. The third-order valence-electron chi connectivity index (χ3n) is 5.52. The molecule has 1 saturated heterocycles. The van der Waals surface area contributed by atoms with Gasteiger partial charge in [0.15, 0.2) is 5.13 Å². The summed E-state index contributed by atoms with van der Waals surface area (Å²) in [5.41, 5.74) is 0.994. The Balaban J connectivity index is 1.41. The number of anilines is 3. The van der Waals surface area contributed by atoms with Crippen molar-refractivity contribution in [2.75, 3.05) is 43.4 Å². The van der Waals surface area contributed by atoms with Crippen molar-refractivity contribution in [3.63, 3.8) is 0 Å². The topological polar surface area (TPSA) is 108 Å². The lowest BCUT2D eigenvalue weighted by molar-refractivity contribution is 0.311. The lowest BCUT2D eigenvalue weighted by Crippen LogP contribution is -2.44. The number of hydrogen-bond acceptors (Lipinski definition) is 10. The van der Waals surface area contributed by atoms with Crippen LogP contribution in [0.2, 0.25) is 0 Å². The van der Waals surface area contributed by atoms with Crippen LogP contribution in [0, 0.1) is 18.3 Å². The molecule has 1 aliphatic rings. The standard InChI is InChI=1S/C23H23N9OS/c1-16-25-7-8-32(16)17-3-5-18(6-4-17)33-22-27-20(28-23-26-15-19(14-24)34-23)13-21(29-22)31-11-9-30(2)10-12-31/h3-8,13,15H,9-12H2,1-2H3,(H,26,27,28,29). The number of imidazole rings is 1. The number of aryl methyl sites for hydroxylation is 1. The first-order valence-electron chi connectivity index (χ1n) is 10.8. The molecule has 1 N–H and O–H groups in total. The van der Waals surface area contributed by atoms with Gasteiger partial charge in [-0.2, -0.15) is 15.2 Å². The highest BCUT2D eigenvalue weighted by atomic mass is 32.1. The van der Waals surface area contributed by atoms with E-state index in [1.807, 2.05) is 48.0 Å². The van der Waals surface area contributed by atoms with Crippen LogP contribution in [0.15, 0.2) is 48.9 Å². The molecular formula is C23H23N9OS. The van der Waals surface area contributed by atoms with E-state index in [1.54, 1.807) is 6.20 Å². The number of nitriles is 1. The Kier molecular flexibility index (Phi) is 6.07. The van der Waals surface area contributed by atoms with Crippen molar-refractivity contribution in [1.82, 2.24) is 29.4 Å². The second kappa shape index (κ2) is 9.46. The predicted octanol–water partition coefficient (Wildman–Crippen LogP) is 3.59. The fourth-order valence-corrected chi connectivity index (χ4v) is 4.26. The Hall–Kier alpha value is -4.01. The molecule has 0 aliphatic carbocycles. The summed E-state index contributed by atoms with van der Waals surface area (Å²) in [5.74, 6) is 2.88. The summed E-state index contributed by atoms with van der Waals surface area (Å²) >= 11 is 1.27. The molecule has 0 unspecified atom stereocenters. The number of ether oxygens (including phenoxy) is 1. The number of aromatic nitrogens is 5. The van der Waals surface area contributed by atoms with Crippen molar-refractivity contribution in [1.29, 1.82) is 5.26 Å². The maximum atomic E-state index is 9.09. The normalized spacial score (nSPS) is 14.1. The quantitative estimate of drug-likeness (QED) is 0.449. The van der Waals surface area contributed by atoms with Crippen LogP contribution in [0.1, 0.15) is 10.7 Å². The van der Waals surface area contributed by atoms with Crippen LogP contribution in [0.4, 0.5) is 16.8 Å². The lowest BCUT2D eigenvalue weighted by Gasteiger charge is -2.33. The van der Waals surface area contributed by atoms with Crippen LogP contribution in [0.3, 0.4) is 0 Å². The number of thiazole rings is 1. The summed E-state index contributed by atoms with van der Waals surface area (Å²) in [7, 11) is 2.11. The average molecular weight is 474 g/mol. The maximum Gasteiger partial charge on any atom is 0.325 e. The summed E-state index contributed by atoms with van der Waals surface area (Å²) in [4.78, 5) is 22.8. The van der Waals surface area contributed by atoms with Gasteiger partial charge in [0, 0.05) is 50.3 Å². The van der Waals surface area contributed by atoms with Gasteiger partial charge in [-0.1, -0.05) is 11.3 Å². The van der Waals surface area contributed by atoms with E-state index < -0.39 is 0 Å². The molecule has 10 nitrogen and oxygen atoms in total. The van der Waals surface area contributed by atoms with E-state index in [2.05, 4.69) is 48.2 Å². The lowest BCUT2D eigenvalue weighted by atomic mass is 10.3. The van der Waals surface area contributed by atoms with E-state index in [0.29, 0.717) is 21.6 Å². The largest absolute Gasteiger partial charge is 0.424 e. The molecule has 1 aromatic carbocycles. The fourth-order valence-electron chi connectivity index (χ4n) is 3.64. The molecule has 0 atom stereocenters. The van der Waals surface area contributed by atoms with Gasteiger partial charge in [0.05, 0.1) is 6.20 Å². The van der Waals surface area contributed by atoms with Crippen LogP contribution < -0.4 is 15.0 Å². The van der Waals surface area contributed by atoms with Gasteiger partial charge in [0.25, 0.3) is 0 Å². The van der Waals surface area contributed by atoms with E-state index in [1.165, 1.54) is 17.5 Å². The first kappa shape index (κ1) is 21.8. The zero-order valence-corrected chi connectivity index (χ0v) is 19.7. The van der Waals surface area contributed by atoms with Crippen molar-refractivity contribution in [3.05, 3.63) is 59.6 Å². The summed E-state index contributed by atoms with van der Waals surface area (Å²) in [5, 5.41) is 12.9. The monoisotopic (exact) mass is 473 g/mol. The Labute approximate surface area is 201 Å². The van der Waals surface area contributed by atoms with E-state index in [0.717, 1.165) is 43.5 Å². The minimum absolute atomic E-state index is 0.238. The van der Waals surface area contributed by atoms with Crippen LogP contribution >= 0.6 is 11.3 Å². The molecule has 0 radical (unpaired) electrons. The van der Waals surface area contributed by atoms with E-state index in [9.17, 15) is 0 Å². The average Bonchev–Trinajstić information content (AvgIpc) is 3.48. The van der Waals surface area contributed by atoms with E-state index in [-0.39, 0.29) is 6.01 Å². The first-order chi connectivity index (χ1) is 16.6. The highest BCUT2D eigenvalue weighted by Gasteiger charge is 2.18. The van der Waals surface area contributed by atoms with Gasteiger partial charge < -0.3 is 24.4 Å². The number of nitrogens with one attached hydrogen (secondary N) is 1. The van der Waals surface area contributed by atoms with E-state index >= 15 is 0 Å². The van der Waals surface area contributed by atoms with Crippen molar-refractivity contribution >= 4 is 28.1 Å². The second-order valence-corrected chi connectivity index (χ2v) is 8.92. The minimum Gasteiger partial charge on any atom is -0.424 e. The molecule has 1 aliphatic heterocycles. The third kappa shape index (κ3) is 4.83. The number of benzene rings is 1. The van der Waals surface area contributed by atoms with Gasteiger partial charge in [0.1, 0.15) is 34.2 Å². The molecule has 4 heterocycles. The van der Waals surface area contributed by atoms with Crippen molar-refractivity contribution in [3.8, 4) is 23.5 Å². The van der Waals surface area contributed by atoms with Gasteiger partial charge in [-0.05, 0) is 38.2 Å². The first-order valence-corrected chi connectivity index (χ1v) is 11.6. The van der Waals surface area contributed by atoms with Gasteiger partial charge in [-0.3, -0.25) is 0 Å². The number of rotatable bonds is 6. The highest BCUT2D eigenvalue weighted by Crippen LogP contribution is 2.28. The summed E-state index contributed by atoms with van der Waals surface area (Å²) < 4.78 is 8.04. The number of piperazine rings is 1. The van der Waals surface area contributed by atoms with Crippen molar-refractivity contribution in [2.24, 2.45) is 0 Å². The summed E-state index contributed by atoms with van der Waals surface area (Å²) in [6, 6.07) is 11.9. The number of hydrogen-bond donors (Lipinski definition) is 1. The van der Waals surface area contributed by atoms with Gasteiger partial charge in [-0.15, -0.1) is 0 Å². The summed E-state index contributed by atoms with van der Waals surface area (Å²) in [6.07, 6.45) is 5.23. The Morgan fingerprint density at radius 2 is 1.88 bits per heavy atom. The minimum atomic E-state index is 0.238. The summed E-state index contributed by atoms with van der Waals surface area (Å²) in [6.45, 7) is 5.59. The number of nitrogens with zero attached hydrogens (tertiary/aromatic N) is 8. The molecule has 11 heteroatoms. The third-order valence-corrected chi connectivity index (χ3v) is 6.34. The van der Waals surface area contributed by atoms with Gasteiger partial charge in [-0.25, -0.2) is 9.97 Å². The highest BCUT2D eigenvalue weighted by molar-refractivity contribution is 7.16. The second-order valence-electron chi connectivity index (χ2n) is 7.89. The van der Waals surface area contributed by atoms with Crippen LogP contribution in [-0.2, 0) is 0 Å². The molecular weight excluding hydrogens is 450 g/mol. The zero-order valence-electron chi connectivity index (χ0n) is 18.8. The molecule has 172 valence electrons. The zero-order chi connectivity index (χ0) is 23.5. The van der Waals surface area contributed by atoms with Crippen LogP contribution in [0.25, 0.3) is 5.69 Å². The van der Waals surface area contributed by atoms with Gasteiger partial charge in [0.2, 0.25) is 0 Å². The molecule has 0 saturated carbocycles. The molecule has 0 spiro atoms. The number of likely N-dealkylation sites (N-methyl/N-ethyl adjacent to an activating group) is 1. The Bertz CT molecular complexity index is 1320. The van der Waals surface area contributed by atoms with Crippen LogP contribution in [-0.4, -0.2) is 62.6 Å². The van der Waals surface area contributed by atoms with E-state index in [4.69, 9.17) is 10.00 Å². The van der Waals surface area contributed by atoms with Crippen LogP contribution in [0.5, 0.6) is 11.8 Å². The maximum absolute atomic E-state index is 9.09. The Morgan fingerprint density at radius 3 is 2.56 bits per heavy atom. The Morgan fingerprint density at radius 1 is 1.09 bits per heavy atom. The molecule has 4 aromatic rings. The SMILES string of the molecule is Cc1nccn1-c1ccc(Oc2nc(Nc3ncc(C#N)s3)cc(N3CCN(C)CC3)n2)cc1. The molecule has 0 amide bonds. The fraction of sp³-hybridized carbons (Fsp3) is 0.261. The molecule has 3 aromatic heterocycles. The smallest absolute Gasteiger partial charge is 0.325 e. The molecule has 0 bridgehead atoms.